The van der Waals surface area contributed by atoms with Gasteiger partial charge in [0.05, 0.1) is 30.7 Å². The number of nitrogens with two attached hydrogens (primary N) is 1. The standard InChI is InChI=1S/C23H27ClN2O6/c1-13(2)32-21(28)11-18(15-7-5-14(3)6-8-15)26-23(29)16-9-17(24)22(19(10-16)30-4)31-12-20(25)27/h5-10,13,18H,11-12H2,1-4H3,(H2,25,27)(H,26,29). The molecular formula is C23H27ClN2O6. The Hall–Kier alpha value is -3.26. The summed E-state index contributed by atoms with van der Waals surface area (Å²) < 4.78 is 15.8. The maximum absolute atomic E-state index is 13.0. The molecule has 0 heterocycles. The number of ether oxygens (including phenoxy) is 3. The van der Waals surface area contributed by atoms with Crippen LogP contribution in [-0.2, 0) is 14.3 Å². The van der Waals surface area contributed by atoms with Gasteiger partial charge in [0, 0.05) is 5.56 Å². The summed E-state index contributed by atoms with van der Waals surface area (Å²) in [5.74, 6) is -1.33. The normalized spacial score (nSPS) is 11.6. The zero-order valence-electron chi connectivity index (χ0n) is 18.4. The molecule has 0 bridgehead atoms. The smallest absolute Gasteiger partial charge is 0.308 e. The van der Waals surface area contributed by atoms with E-state index in [2.05, 4.69) is 5.32 Å². The number of amides is 2. The van der Waals surface area contributed by atoms with Gasteiger partial charge in [-0.3, -0.25) is 14.4 Å². The van der Waals surface area contributed by atoms with Crippen LogP contribution in [0.25, 0.3) is 0 Å². The fourth-order valence-corrected chi connectivity index (χ4v) is 3.17. The summed E-state index contributed by atoms with van der Waals surface area (Å²) in [6.07, 6.45) is -0.314. The van der Waals surface area contributed by atoms with E-state index in [1.54, 1.807) is 13.8 Å². The molecule has 8 nitrogen and oxygen atoms in total. The second-order valence-corrected chi connectivity index (χ2v) is 7.83. The SMILES string of the molecule is COc1cc(C(=O)NC(CC(=O)OC(C)C)c2ccc(C)cc2)cc(Cl)c1OCC(N)=O. The minimum Gasteiger partial charge on any atom is -0.493 e. The average Bonchev–Trinajstić information content (AvgIpc) is 2.71. The fourth-order valence-electron chi connectivity index (χ4n) is 2.90. The highest BCUT2D eigenvalue weighted by Crippen LogP contribution is 2.36. The summed E-state index contributed by atoms with van der Waals surface area (Å²) in [5, 5.41) is 2.92. The van der Waals surface area contributed by atoms with Crippen molar-refractivity contribution in [1.29, 1.82) is 0 Å². The Labute approximate surface area is 192 Å². The van der Waals surface area contributed by atoms with E-state index in [0.29, 0.717) is 0 Å². The van der Waals surface area contributed by atoms with E-state index in [9.17, 15) is 14.4 Å². The molecule has 32 heavy (non-hydrogen) atoms. The molecule has 2 amide bonds. The highest BCUT2D eigenvalue weighted by molar-refractivity contribution is 6.32. The molecule has 0 aliphatic heterocycles. The van der Waals surface area contributed by atoms with Crippen LogP contribution in [0.1, 0.15) is 47.8 Å². The van der Waals surface area contributed by atoms with Crippen LogP contribution in [-0.4, -0.2) is 37.6 Å². The molecule has 0 aromatic heterocycles. The van der Waals surface area contributed by atoms with E-state index < -0.39 is 30.4 Å². The van der Waals surface area contributed by atoms with Crippen molar-refractivity contribution in [3.63, 3.8) is 0 Å². The monoisotopic (exact) mass is 462 g/mol. The van der Waals surface area contributed by atoms with Crippen LogP contribution in [0, 0.1) is 6.92 Å². The summed E-state index contributed by atoms with van der Waals surface area (Å²) in [7, 11) is 1.38. The van der Waals surface area contributed by atoms with Crippen LogP contribution < -0.4 is 20.5 Å². The minimum atomic E-state index is -0.681. The summed E-state index contributed by atoms with van der Waals surface area (Å²) >= 11 is 6.24. The molecule has 172 valence electrons. The van der Waals surface area contributed by atoms with Crippen molar-refractivity contribution in [1.82, 2.24) is 5.32 Å². The van der Waals surface area contributed by atoms with Crippen molar-refractivity contribution in [3.8, 4) is 11.5 Å². The van der Waals surface area contributed by atoms with Crippen LogP contribution >= 0.6 is 11.6 Å². The van der Waals surface area contributed by atoms with Gasteiger partial charge in [-0.25, -0.2) is 0 Å². The first-order valence-electron chi connectivity index (χ1n) is 9.96. The predicted molar refractivity (Wildman–Crippen MR) is 120 cm³/mol. The summed E-state index contributed by atoms with van der Waals surface area (Å²) in [4.78, 5) is 36.3. The Morgan fingerprint density at radius 3 is 2.34 bits per heavy atom. The number of hydrogen-bond donors (Lipinski definition) is 2. The number of primary amides is 1. The van der Waals surface area contributed by atoms with Crippen LogP contribution in [0.15, 0.2) is 36.4 Å². The summed E-state index contributed by atoms with van der Waals surface area (Å²) in [5.41, 5.74) is 7.09. The van der Waals surface area contributed by atoms with Crippen LogP contribution in [0.3, 0.4) is 0 Å². The van der Waals surface area contributed by atoms with Gasteiger partial charge in [0.15, 0.2) is 18.1 Å². The largest absolute Gasteiger partial charge is 0.493 e. The third-order valence-corrected chi connectivity index (χ3v) is 4.65. The lowest BCUT2D eigenvalue weighted by Crippen LogP contribution is -2.31. The quantitative estimate of drug-likeness (QED) is 0.523. The number of carbonyl (C=O) groups is 3. The van der Waals surface area contributed by atoms with Crippen molar-refractivity contribution >= 4 is 29.4 Å². The highest BCUT2D eigenvalue weighted by atomic mass is 35.5. The molecule has 0 aliphatic rings. The second kappa shape index (κ2) is 11.4. The Morgan fingerprint density at radius 2 is 1.78 bits per heavy atom. The topological polar surface area (TPSA) is 117 Å². The Bertz CT molecular complexity index is 975. The van der Waals surface area contributed by atoms with E-state index in [1.807, 2.05) is 31.2 Å². The summed E-state index contributed by atoms with van der Waals surface area (Å²) in [6, 6.07) is 9.67. The maximum Gasteiger partial charge on any atom is 0.308 e. The van der Waals surface area contributed by atoms with Gasteiger partial charge in [-0.1, -0.05) is 41.4 Å². The van der Waals surface area contributed by atoms with Gasteiger partial charge in [-0.15, -0.1) is 0 Å². The number of benzene rings is 2. The zero-order valence-corrected chi connectivity index (χ0v) is 19.2. The van der Waals surface area contributed by atoms with E-state index >= 15 is 0 Å². The molecule has 1 unspecified atom stereocenters. The van der Waals surface area contributed by atoms with Gasteiger partial charge in [-0.05, 0) is 38.5 Å². The number of hydrogen-bond acceptors (Lipinski definition) is 6. The Balaban J connectivity index is 2.29. The molecule has 0 saturated carbocycles. The van der Waals surface area contributed by atoms with Crippen LogP contribution in [0.2, 0.25) is 5.02 Å². The third-order valence-electron chi connectivity index (χ3n) is 4.37. The molecular weight excluding hydrogens is 436 g/mol. The number of aryl methyl sites for hydroxylation is 1. The Morgan fingerprint density at radius 1 is 1.12 bits per heavy atom. The fraction of sp³-hybridized carbons (Fsp3) is 0.348. The van der Waals surface area contributed by atoms with Crippen molar-refractivity contribution in [2.75, 3.05) is 13.7 Å². The van der Waals surface area contributed by atoms with Gasteiger partial charge in [0.25, 0.3) is 11.8 Å². The van der Waals surface area contributed by atoms with Crippen LogP contribution in [0.5, 0.6) is 11.5 Å². The molecule has 9 heteroatoms. The number of halogens is 1. The molecule has 0 radical (unpaired) electrons. The molecule has 2 aromatic rings. The first-order valence-corrected chi connectivity index (χ1v) is 10.3. The molecule has 2 rings (SSSR count). The van der Waals surface area contributed by atoms with Crippen molar-refractivity contribution in [2.45, 2.75) is 39.3 Å². The lowest BCUT2D eigenvalue weighted by atomic mass is 10.0. The first-order chi connectivity index (χ1) is 15.1. The number of esters is 1. The molecule has 0 fully saturated rings. The van der Waals surface area contributed by atoms with Crippen molar-refractivity contribution in [2.24, 2.45) is 5.73 Å². The van der Waals surface area contributed by atoms with Gasteiger partial charge in [0.1, 0.15) is 0 Å². The zero-order chi connectivity index (χ0) is 23.8. The molecule has 1 atom stereocenters. The third kappa shape index (κ3) is 7.16. The van der Waals surface area contributed by atoms with E-state index in [1.165, 1.54) is 19.2 Å². The number of carbonyl (C=O) groups excluding carboxylic acids is 3. The number of nitrogens with one attached hydrogen (secondary N) is 1. The van der Waals surface area contributed by atoms with Crippen molar-refractivity contribution in [3.05, 3.63) is 58.1 Å². The predicted octanol–water partition coefficient (Wildman–Crippen LogP) is 3.33. The van der Waals surface area contributed by atoms with Gasteiger partial charge >= 0.3 is 5.97 Å². The van der Waals surface area contributed by atoms with E-state index in [-0.39, 0.29) is 34.6 Å². The number of methoxy groups -OCH3 is 1. The van der Waals surface area contributed by atoms with Gasteiger partial charge in [0.2, 0.25) is 0 Å². The lowest BCUT2D eigenvalue weighted by molar-refractivity contribution is -0.148. The molecule has 0 aliphatic carbocycles. The maximum atomic E-state index is 13.0. The minimum absolute atomic E-state index is 0.0440. The van der Waals surface area contributed by atoms with Gasteiger partial charge in [-0.2, -0.15) is 0 Å². The highest BCUT2D eigenvalue weighted by Gasteiger charge is 2.23. The number of rotatable bonds is 10. The molecule has 2 aromatic carbocycles. The average molecular weight is 463 g/mol. The molecule has 3 N–H and O–H groups in total. The van der Waals surface area contributed by atoms with Crippen LogP contribution in [0.4, 0.5) is 0 Å². The summed E-state index contributed by atoms with van der Waals surface area (Å²) in [6.45, 7) is 5.07. The molecule has 0 spiro atoms. The molecule has 0 saturated heterocycles. The van der Waals surface area contributed by atoms with E-state index in [4.69, 9.17) is 31.5 Å². The van der Waals surface area contributed by atoms with Gasteiger partial charge < -0.3 is 25.3 Å². The second-order valence-electron chi connectivity index (χ2n) is 7.42. The Kier molecular flexibility index (Phi) is 8.90. The lowest BCUT2D eigenvalue weighted by Gasteiger charge is -2.20. The first kappa shape index (κ1) is 25.0. The van der Waals surface area contributed by atoms with Crippen molar-refractivity contribution < 1.29 is 28.6 Å². The van der Waals surface area contributed by atoms with E-state index in [0.717, 1.165) is 11.1 Å².